The van der Waals surface area contributed by atoms with Crippen LogP contribution in [0.25, 0.3) is 0 Å². The summed E-state index contributed by atoms with van der Waals surface area (Å²) in [5, 5.41) is 5.66. The third-order valence-corrected chi connectivity index (χ3v) is 6.40. The Morgan fingerprint density at radius 1 is 1.17 bits per heavy atom. The van der Waals surface area contributed by atoms with Crippen LogP contribution in [0.3, 0.4) is 0 Å². The molecule has 1 aromatic rings. The van der Waals surface area contributed by atoms with Crippen molar-refractivity contribution < 1.29 is 14.4 Å². The molecule has 29 heavy (non-hydrogen) atoms. The quantitative estimate of drug-likeness (QED) is 0.721. The van der Waals surface area contributed by atoms with Crippen LogP contribution in [0, 0.1) is 0 Å². The smallest absolute Gasteiger partial charge is 0.236 e. The molecule has 1 N–H and O–H groups in total. The zero-order chi connectivity index (χ0) is 18.8. The second-order valence-corrected chi connectivity index (χ2v) is 8.18. The molecule has 0 radical (unpaired) electrons. The van der Waals surface area contributed by atoms with Crippen LogP contribution >= 0.6 is 36.2 Å². The number of piperazine rings is 1. The van der Waals surface area contributed by atoms with E-state index in [-0.39, 0.29) is 55.0 Å². The maximum Gasteiger partial charge on any atom is 0.236 e. The molecule has 1 atom stereocenters. The van der Waals surface area contributed by atoms with E-state index in [9.17, 15) is 14.4 Å². The molecule has 0 aromatic carbocycles. The first kappa shape index (κ1) is 23.9. The van der Waals surface area contributed by atoms with Gasteiger partial charge in [-0.2, -0.15) is 0 Å². The van der Waals surface area contributed by atoms with Crippen LogP contribution in [0.5, 0.6) is 0 Å². The number of hydrogen-bond donors (Lipinski definition) is 1. The number of aromatic nitrogens is 1. The van der Waals surface area contributed by atoms with Crippen molar-refractivity contribution in [3.63, 3.8) is 0 Å². The van der Waals surface area contributed by atoms with Gasteiger partial charge in [-0.05, 0) is 19.3 Å². The minimum Gasteiger partial charge on any atom is -0.340 e. The van der Waals surface area contributed by atoms with Gasteiger partial charge in [0.05, 0.1) is 18.7 Å². The molecular weight excluding hydrogens is 437 g/mol. The van der Waals surface area contributed by atoms with Crippen LogP contribution in [-0.2, 0) is 20.8 Å². The SMILES string of the molecule is Cl.Cl.O=C(Cc1csc(N2CCCC2=O)n1)N1CCCC(N2CCNCC2=O)C1. The lowest BCUT2D eigenvalue weighted by atomic mass is 10.0. The maximum atomic E-state index is 12.8. The second-order valence-electron chi connectivity index (χ2n) is 7.35. The van der Waals surface area contributed by atoms with E-state index in [0.717, 1.165) is 38.0 Å². The van der Waals surface area contributed by atoms with E-state index in [1.165, 1.54) is 11.3 Å². The number of hydrogen-bond acceptors (Lipinski definition) is 6. The minimum absolute atomic E-state index is 0. The van der Waals surface area contributed by atoms with Gasteiger partial charge < -0.3 is 15.1 Å². The Morgan fingerprint density at radius 2 is 2.00 bits per heavy atom. The Hall–Kier alpha value is -1.42. The number of likely N-dealkylation sites (tertiary alicyclic amines) is 1. The van der Waals surface area contributed by atoms with E-state index in [1.54, 1.807) is 4.90 Å². The van der Waals surface area contributed by atoms with Crippen molar-refractivity contribution in [1.82, 2.24) is 20.1 Å². The molecule has 11 heteroatoms. The number of amides is 3. The topological polar surface area (TPSA) is 85.8 Å². The molecule has 8 nitrogen and oxygen atoms in total. The van der Waals surface area contributed by atoms with E-state index < -0.39 is 0 Å². The standard InChI is InChI=1S/C18H25N5O3S.2ClH/c24-15-4-2-7-23(15)18-20-13(12-27-18)9-16(25)21-6-1-3-14(11-21)22-8-5-19-10-17(22)26;;/h12,14,19H,1-11H2;2*1H. The molecule has 3 aliphatic heterocycles. The van der Waals surface area contributed by atoms with Gasteiger partial charge in [0.25, 0.3) is 0 Å². The van der Waals surface area contributed by atoms with Crippen molar-refractivity contribution in [3.05, 3.63) is 11.1 Å². The van der Waals surface area contributed by atoms with Gasteiger partial charge in [-0.1, -0.05) is 0 Å². The van der Waals surface area contributed by atoms with E-state index in [2.05, 4.69) is 10.3 Å². The molecule has 0 bridgehead atoms. The van der Waals surface area contributed by atoms with Gasteiger partial charge in [-0.15, -0.1) is 36.2 Å². The lowest BCUT2D eigenvalue weighted by Gasteiger charge is -2.41. The largest absolute Gasteiger partial charge is 0.340 e. The Kier molecular flexibility index (Phi) is 8.69. The fraction of sp³-hybridized carbons (Fsp3) is 0.667. The molecule has 4 heterocycles. The fourth-order valence-electron chi connectivity index (χ4n) is 4.06. The maximum absolute atomic E-state index is 12.8. The van der Waals surface area contributed by atoms with Crippen molar-refractivity contribution in [3.8, 4) is 0 Å². The van der Waals surface area contributed by atoms with Crippen LogP contribution in [0.4, 0.5) is 5.13 Å². The lowest BCUT2D eigenvalue weighted by Crippen LogP contribution is -2.57. The molecule has 1 aromatic heterocycles. The van der Waals surface area contributed by atoms with Crippen molar-refractivity contribution >= 4 is 59.0 Å². The highest BCUT2D eigenvalue weighted by molar-refractivity contribution is 7.14. The summed E-state index contributed by atoms with van der Waals surface area (Å²) in [6, 6.07) is 0.116. The summed E-state index contributed by atoms with van der Waals surface area (Å²) in [6.45, 7) is 3.97. The molecule has 0 spiro atoms. The van der Waals surface area contributed by atoms with Crippen LogP contribution in [0.15, 0.2) is 5.38 Å². The van der Waals surface area contributed by atoms with E-state index in [1.807, 2.05) is 15.2 Å². The van der Waals surface area contributed by atoms with E-state index in [0.29, 0.717) is 37.7 Å². The molecule has 3 aliphatic rings. The van der Waals surface area contributed by atoms with E-state index in [4.69, 9.17) is 0 Å². The third-order valence-electron chi connectivity index (χ3n) is 5.49. The van der Waals surface area contributed by atoms with Crippen LogP contribution < -0.4 is 10.2 Å². The summed E-state index contributed by atoms with van der Waals surface area (Å²) in [6.07, 6.45) is 3.56. The summed E-state index contributed by atoms with van der Waals surface area (Å²) in [5.74, 6) is 0.286. The Bertz CT molecular complexity index is 747. The molecule has 3 saturated heterocycles. The first-order valence-corrected chi connectivity index (χ1v) is 10.5. The number of carbonyl (C=O) groups excluding carboxylic acids is 3. The fourth-order valence-corrected chi connectivity index (χ4v) is 4.93. The second kappa shape index (κ2) is 10.6. The number of nitrogens with one attached hydrogen (secondary N) is 1. The number of anilines is 1. The van der Waals surface area contributed by atoms with Crippen molar-refractivity contribution in [1.29, 1.82) is 0 Å². The number of halogens is 2. The number of piperidine rings is 1. The van der Waals surface area contributed by atoms with Gasteiger partial charge in [0.15, 0.2) is 5.13 Å². The third kappa shape index (κ3) is 5.39. The molecule has 3 amide bonds. The average Bonchev–Trinajstić information content (AvgIpc) is 3.31. The molecule has 162 valence electrons. The predicted molar refractivity (Wildman–Crippen MR) is 116 cm³/mol. The summed E-state index contributed by atoms with van der Waals surface area (Å²) in [7, 11) is 0. The number of nitrogens with zero attached hydrogens (tertiary/aromatic N) is 4. The van der Waals surface area contributed by atoms with Crippen LogP contribution in [0.2, 0.25) is 0 Å². The summed E-state index contributed by atoms with van der Waals surface area (Å²) in [5.41, 5.74) is 0.722. The zero-order valence-corrected chi connectivity index (χ0v) is 18.6. The predicted octanol–water partition coefficient (Wildman–Crippen LogP) is 1.08. The average molecular weight is 464 g/mol. The van der Waals surface area contributed by atoms with Gasteiger partial charge in [-0.25, -0.2) is 4.98 Å². The van der Waals surface area contributed by atoms with E-state index >= 15 is 0 Å². The summed E-state index contributed by atoms with van der Waals surface area (Å²) < 4.78 is 0. The normalized spacial score (nSPS) is 22.3. The van der Waals surface area contributed by atoms with Crippen molar-refractivity contribution in [2.75, 3.05) is 44.2 Å². The van der Waals surface area contributed by atoms with Crippen LogP contribution in [0.1, 0.15) is 31.4 Å². The van der Waals surface area contributed by atoms with Crippen molar-refractivity contribution in [2.24, 2.45) is 0 Å². The highest BCUT2D eigenvalue weighted by Gasteiger charge is 2.32. The Labute approximate surface area is 186 Å². The first-order chi connectivity index (χ1) is 13.1. The van der Waals surface area contributed by atoms with Gasteiger partial charge in [0.2, 0.25) is 17.7 Å². The number of carbonyl (C=O) groups is 3. The van der Waals surface area contributed by atoms with Crippen LogP contribution in [-0.4, -0.2) is 77.8 Å². The molecule has 0 saturated carbocycles. The van der Waals surface area contributed by atoms with Gasteiger partial charge in [0.1, 0.15) is 0 Å². The first-order valence-electron chi connectivity index (χ1n) is 9.64. The molecule has 4 rings (SSSR count). The number of rotatable bonds is 4. The molecule has 1 unspecified atom stereocenters. The Morgan fingerprint density at radius 3 is 2.72 bits per heavy atom. The summed E-state index contributed by atoms with van der Waals surface area (Å²) >= 11 is 1.43. The molecular formula is C18H27Cl2N5O3S. The van der Waals surface area contributed by atoms with Gasteiger partial charge >= 0.3 is 0 Å². The highest BCUT2D eigenvalue weighted by atomic mass is 35.5. The number of thiazole rings is 1. The molecule has 0 aliphatic carbocycles. The Balaban J connectivity index is 0.00000150. The van der Waals surface area contributed by atoms with Gasteiger partial charge in [0, 0.05) is 50.6 Å². The minimum atomic E-state index is 0. The van der Waals surface area contributed by atoms with Gasteiger partial charge in [-0.3, -0.25) is 19.3 Å². The molecule has 3 fully saturated rings. The highest BCUT2D eigenvalue weighted by Crippen LogP contribution is 2.26. The zero-order valence-electron chi connectivity index (χ0n) is 16.2. The monoisotopic (exact) mass is 463 g/mol. The summed E-state index contributed by atoms with van der Waals surface area (Å²) in [4.78, 5) is 46.8. The van der Waals surface area contributed by atoms with Crippen molar-refractivity contribution in [2.45, 2.75) is 38.1 Å². The lowest BCUT2D eigenvalue weighted by molar-refractivity contribution is -0.140.